The maximum Gasteiger partial charge on any atom is 0.254 e. The monoisotopic (exact) mass is 331 g/mol. The lowest BCUT2D eigenvalue weighted by Gasteiger charge is -2.33. The van der Waals surface area contributed by atoms with Crippen LogP contribution in [0, 0.1) is 12.8 Å². The van der Waals surface area contributed by atoms with Crippen LogP contribution >= 0.6 is 0 Å². The molecular weight excluding hydrogens is 302 g/mol. The minimum atomic E-state index is 0.0186. The maximum atomic E-state index is 12.7. The Bertz CT molecular complexity index is 592. The Hall–Kier alpha value is -2.04. The molecule has 0 radical (unpaired) electrons. The normalized spacial score (nSPS) is 15.4. The molecule has 0 atom stereocenters. The summed E-state index contributed by atoms with van der Waals surface area (Å²) in [5.41, 5.74) is 8.02. The number of hydrogen-bond donors (Lipinski definition) is 1. The van der Waals surface area contributed by atoms with Gasteiger partial charge in [0.1, 0.15) is 0 Å². The molecule has 24 heavy (non-hydrogen) atoms. The van der Waals surface area contributed by atoms with Gasteiger partial charge in [-0.05, 0) is 43.9 Å². The van der Waals surface area contributed by atoms with Crippen LogP contribution in [-0.2, 0) is 4.79 Å². The summed E-state index contributed by atoms with van der Waals surface area (Å²) in [7, 11) is 1.88. The summed E-state index contributed by atoms with van der Waals surface area (Å²) in [5, 5.41) is 0. The van der Waals surface area contributed by atoms with Crippen LogP contribution in [0.4, 0.5) is 5.69 Å². The van der Waals surface area contributed by atoms with Gasteiger partial charge in [0.2, 0.25) is 5.91 Å². The van der Waals surface area contributed by atoms with Crippen molar-refractivity contribution in [3.63, 3.8) is 0 Å². The Labute approximate surface area is 144 Å². The summed E-state index contributed by atoms with van der Waals surface area (Å²) in [4.78, 5) is 28.8. The van der Waals surface area contributed by atoms with Gasteiger partial charge in [-0.2, -0.15) is 0 Å². The molecular formula is C19H29N3O2. The Morgan fingerprint density at radius 2 is 1.96 bits per heavy atom. The van der Waals surface area contributed by atoms with Crippen LogP contribution < -0.4 is 5.73 Å². The van der Waals surface area contributed by atoms with Crippen LogP contribution in [0.15, 0.2) is 18.2 Å². The molecule has 0 spiro atoms. The van der Waals surface area contributed by atoms with Crippen LogP contribution in [0.5, 0.6) is 0 Å². The largest absolute Gasteiger partial charge is 0.399 e. The van der Waals surface area contributed by atoms with Gasteiger partial charge in [-0.1, -0.05) is 19.4 Å². The molecule has 1 heterocycles. The van der Waals surface area contributed by atoms with Gasteiger partial charge < -0.3 is 15.5 Å². The maximum absolute atomic E-state index is 12.7. The van der Waals surface area contributed by atoms with Gasteiger partial charge in [-0.15, -0.1) is 0 Å². The smallest absolute Gasteiger partial charge is 0.254 e. The van der Waals surface area contributed by atoms with Crippen LogP contribution in [0.3, 0.4) is 0 Å². The SMILES string of the molecule is CCCCN(C)C(=O)C1CCN(C(=O)c2cc(N)ccc2C)CC1. The summed E-state index contributed by atoms with van der Waals surface area (Å²) in [6, 6.07) is 5.43. The minimum absolute atomic E-state index is 0.0186. The van der Waals surface area contributed by atoms with Gasteiger partial charge >= 0.3 is 0 Å². The van der Waals surface area contributed by atoms with Gasteiger partial charge in [0, 0.05) is 43.9 Å². The van der Waals surface area contributed by atoms with Crippen LogP contribution in [0.2, 0.25) is 0 Å². The van der Waals surface area contributed by atoms with Crippen LogP contribution in [0.25, 0.3) is 0 Å². The van der Waals surface area contributed by atoms with Crippen molar-refractivity contribution in [3.8, 4) is 0 Å². The first kappa shape index (κ1) is 18.3. The second kappa shape index (κ2) is 8.18. The van der Waals surface area contributed by atoms with E-state index in [1.165, 1.54) is 0 Å². The lowest BCUT2D eigenvalue weighted by Crippen LogP contribution is -2.43. The number of piperidine rings is 1. The fraction of sp³-hybridized carbons (Fsp3) is 0.579. The average molecular weight is 331 g/mol. The number of unbranched alkanes of at least 4 members (excludes halogenated alkanes) is 1. The second-order valence-electron chi connectivity index (χ2n) is 6.75. The average Bonchev–Trinajstić information content (AvgIpc) is 2.60. The third-order valence-corrected chi connectivity index (χ3v) is 4.85. The molecule has 2 amide bonds. The van der Waals surface area contributed by atoms with Gasteiger partial charge in [0.05, 0.1) is 0 Å². The van der Waals surface area contributed by atoms with Gasteiger partial charge in [-0.25, -0.2) is 0 Å². The summed E-state index contributed by atoms with van der Waals surface area (Å²) < 4.78 is 0. The van der Waals surface area contributed by atoms with E-state index in [2.05, 4.69) is 6.92 Å². The van der Waals surface area contributed by atoms with E-state index < -0.39 is 0 Å². The summed E-state index contributed by atoms with van der Waals surface area (Å²) in [6.45, 7) is 6.12. The molecule has 0 bridgehead atoms. The highest BCUT2D eigenvalue weighted by molar-refractivity contribution is 5.96. The number of benzene rings is 1. The van der Waals surface area contributed by atoms with Crippen molar-refractivity contribution in [1.29, 1.82) is 0 Å². The Morgan fingerprint density at radius 3 is 2.58 bits per heavy atom. The summed E-state index contributed by atoms with van der Waals surface area (Å²) >= 11 is 0. The Kier molecular flexibility index (Phi) is 6.23. The zero-order valence-electron chi connectivity index (χ0n) is 15.0. The first-order valence-electron chi connectivity index (χ1n) is 8.84. The third kappa shape index (κ3) is 4.28. The second-order valence-corrected chi connectivity index (χ2v) is 6.75. The predicted molar refractivity (Wildman–Crippen MR) is 96.8 cm³/mol. The number of aryl methyl sites for hydroxylation is 1. The van der Waals surface area contributed by atoms with Crippen molar-refractivity contribution in [3.05, 3.63) is 29.3 Å². The van der Waals surface area contributed by atoms with Crippen molar-refractivity contribution in [1.82, 2.24) is 9.80 Å². The first-order chi connectivity index (χ1) is 11.4. The molecule has 132 valence electrons. The molecule has 1 aliphatic rings. The van der Waals surface area contributed by atoms with Gasteiger partial charge in [0.15, 0.2) is 0 Å². The fourth-order valence-electron chi connectivity index (χ4n) is 3.19. The number of likely N-dealkylation sites (tertiary alicyclic amines) is 1. The van der Waals surface area contributed by atoms with Crippen LogP contribution in [0.1, 0.15) is 48.5 Å². The molecule has 0 aromatic heterocycles. The number of rotatable bonds is 5. The number of hydrogen-bond acceptors (Lipinski definition) is 3. The molecule has 0 saturated carbocycles. The minimum Gasteiger partial charge on any atom is -0.399 e. The Morgan fingerprint density at radius 1 is 1.29 bits per heavy atom. The van der Waals surface area contributed by atoms with Gasteiger partial charge in [-0.3, -0.25) is 9.59 Å². The molecule has 2 rings (SSSR count). The molecule has 5 nitrogen and oxygen atoms in total. The highest BCUT2D eigenvalue weighted by Gasteiger charge is 2.29. The number of anilines is 1. The topological polar surface area (TPSA) is 66.6 Å². The fourth-order valence-corrected chi connectivity index (χ4v) is 3.19. The zero-order valence-corrected chi connectivity index (χ0v) is 15.0. The van der Waals surface area contributed by atoms with E-state index in [1.807, 2.05) is 35.9 Å². The summed E-state index contributed by atoms with van der Waals surface area (Å²) in [5.74, 6) is 0.276. The van der Waals surface area contributed by atoms with E-state index in [-0.39, 0.29) is 17.7 Å². The Balaban J connectivity index is 1.93. The lowest BCUT2D eigenvalue weighted by molar-refractivity contribution is -0.135. The van der Waals surface area contributed by atoms with Crippen molar-refractivity contribution >= 4 is 17.5 Å². The lowest BCUT2D eigenvalue weighted by atomic mass is 9.94. The molecule has 1 fully saturated rings. The van der Waals surface area contributed by atoms with Crippen molar-refractivity contribution in [2.24, 2.45) is 5.92 Å². The van der Waals surface area contributed by atoms with E-state index in [4.69, 9.17) is 5.73 Å². The number of amides is 2. The summed E-state index contributed by atoms with van der Waals surface area (Å²) in [6.07, 6.45) is 3.60. The van der Waals surface area contributed by atoms with Crippen LogP contribution in [-0.4, -0.2) is 48.3 Å². The van der Waals surface area contributed by atoms with E-state index in [1.54, 1.807) is 6.07 Å². The van der Waals surface area contributed by atoms with Crippen molar-refractivity contribution < 1.29 is 9.59 Å². The van der Waals surface area contributed by atoms with E-state index in [0.29, 0.717) is 24.3 Å². The first-order valence-corrected chi connectivity index (χ1v) is 8.84. The van der Waals surface area contributed by atoms with Crippen molar-refractivity contribution in [2.45, 2.75) is 39.5 Å². The quantitative estimate of drug-likeness (QED) is 0.844. The predicted octanol–water partition coefficient (Wildman–Crippen LogP) is 2.69. The van der Waals surface area contributed by atoms with E-state index >= 15 is 0 Å². The molecule has 1 aromatic carbocycles. The number of nitrogens with two attached hydrogens (primary N) is 1. The number of nitrogen functional groups attached to an aromatic ring is 1. The highest BCUT2D eigenvalue weighted by atomic mass is 16.2. The standard InChI is InChI=1S/C19H29N3O2/c1-4-5-10-21(3)18(23)15-8-11-22(12-9-15)19(24)17-13-16(20)7-6-14(17)2/h6-7,13,15H,4-5,8-12,20H2,1-3H3. The number of carbonyl (C=O) groups excluding carboxylic acids is 2. The highest BCUT2D eigenvalue weighted by Crippen LogP contribution is 2.23. The van der Waals surface area contributed by atoms with E-state index in [0.717, 1.165) is 37.8 Å². The molecule has 0 unspecified atom stereocenters. The molecule has 1 aliphatic heterocycles. The molecule has 1 saturated heterocycles. The molecule has 0 aliphatic carbocycles. The van der Waals surface area contributed by atoms with Gasteiger partial charge in [0.25, 0.3) is 5.91 Å². The number of nitrogens with zero attached hydrogens (tertiary/aromatic N) is 2. The molecule has 2 N–H and O–H groups in total. The van der Waals surface area contributed by atoms with Crippen molar-refractivity contribution in [2.75, 3.05) is 32.4 Å². The molecule has 5 heteroatoms. The molecule has 1 aromatic rings. The van der Waals surface area contributed by atoms with E-state index in [9.17, 15) is 9.59 Å². The number of carbonyl (C=O) groups is 2. The zero-order chi connectivity index (χ0) is 17.7. The third-order valence-electron chi connectivity index (χ3n) is 4.85.